The van der Waals surface area contributed by atoms with Crippen LogP contribution in [0, 0.1) is 5.92 Å². The Hall–Kier alpha value is -1.89. The van der Waals surface area contributed by atoms with Crippen molar-refractivity contribution >= 4 is 11.6 Å². The van der Waals surface area contributed by atoms with Crippen LogP contribution in [0.2, 0.25) is 0 Å². The lowest BCUT2D eigenvalue weighted by atomic mass is 9.99. The Morgan fingerprint density at radius 1 is 1.35 bits per heavy atom. The van der Waals surface area contributed by atoms with E-state index in [0.29, 0.717) is 12.2 Å². The van der Waals surface area contributed by atoms with Crippen LogP contribution in [-0.2, 0) is 4.79 Å². The van der Waals surface area contributed by atoms with Gasteiger partial charge in [-0.25, -0.2) is 0 Å². The third-order valence-electron chi connectivity index (χ3n) is 3.34. The zero-order valence-electron chi connectivity index (χ0n) is 10.6. The highest BCUT2D eigenvalue weighted by molar-refractivity contribution is 5.93. The Morgan fingerprint density at radius 3 is 2.90 bits per heavy atom. The van der Waals surface area contributed by atoms with Crippen molar-refractivity contribution in [2.45, 2.75) is 19.1 Å². The SMILES string of the molecule is O=C(Nc1ccc2c(c1)OC(F)(F)O2)C1CCCNC1. The molecule has 3 rings (SSSR count). The third kappa shape index (κ3) is 2.67. The normalized spacial score (nSPS) is 23.4. The molecule has 2 N–H and O–H groups in total. The molecule has 2 heterocycles. The zero-order valence-corrected chi connectivity index (χ0v) is 10.6. The number of rotatable bonds is 2. The minimum atomic E-state index is -3.64. The van der Waals surface area contributed by atoms with Crippen LogP contribution in [0.5, 0.6) is 11.5 Å². The number of fused-ring (bicyclic) bond motifs is 1. The summed E-state index contributed by atoms with van der Waals surface area (Å²) in [5.41, 5.74) is 0.417. The molecule has 1 aromatic carbocycles. The van der Waals surface area contributed by atoms with Crippen LogP contribution in [0.3, 0.4) is 0 Å². The molecular formula is C13H14F2N2O3. The molecule has 1 saturated heterocycles. The summed E-state index contributed by atoms with van der Waals surface area (Å²) in [4.78, 5) is 12.0. The molecule has 0 aromatic heterocycles. The van der Waals surface area contributed by atoms with Crippen molar-refractivity contribution in [3.05, 3.63) is 18.2 Å². The number of benzene rings is 1. The molecule has 1 aromatic rings. The van der Waals surface area contributed by atoms with Crippen molar-refractivity contribution in [1.82, 2.24) is 5.32 Å². The lowest BCUT2D eigenvalue weighted by Crippen LogP contribution is -2.37. The van der Waals surface area contributed by atoms with Crippen molar-refractivity contribution in [2.24, 2.45) is 5.92 Å². The van der Waals surface area contributed by atoms with E-state index in [0.717, 1.165) is 19.4 Å². The lowest BCUT2D eigenvalue weighted by molar-refractivity contribution is -0.286. The molecule has 0 spiro atoms. The fourth-order valence-electron chi connectivity index (χ4n) is 2.35. The van der Waals surface area contributed by atoms with E-state index in [9.17, 15) is 13.6 Å². The Labute approximate surface area is 114 Å². The molecule has 2 aliphatic heterocycles. The van der Waals surface area contributed by atoms with Gasteiger partial charge in [0.15, 0.2) is 11.5 Å². The topological polar surface area (TPSA) is 59.6 Å². The summed E-state index contributed by atoms with van der Waals surface area (Å²) in [6.07, 6.45) is -1.87. The molecular weight excluding hydrogens is 270 g/mol. The molecule has 2 aliphatic rings. The number of alkyl halides is 2. The molecule has 0 aliphatic carbocycles. The van der Waals surface area contributed by atoms with Crippen LogP contribution >= 0.6 is 0 Å². The van der Waals surface area contributed by atoms with Gasteiger partial charge >= 0.3 is 6.29 Å². The molecule has 0 radical (unpaired) electrons. The van der Waals surface area contributed by atoms with Crippen LogP contribution in [-0.4, -0.2) is 25.3 Å². The fraction of sp³-hybridized carbons (Fsp3) is 0.462. The molecule has 1 atom stereocenters. The van der Waals surface area contributed by atoms with Gasteiger partial charge in [0, 0.05) is 18.3 Å². The molecule has 7 heteroatoms. The second-order valence-corrected chi connectivity index (χ2v) is 4.86. The number of halogens is 2. The van der Waals surface area contributed by atoms with Gasteiger partial charge in [-0.2, -0.15) is 0 Å². The first-order valence-electron chi connectivity index (χ1n) is 6.45. The first kappa shape index (κ1) is 13.1. The highest BCUT2D eigenvalue weighted by Gasteiger charge is 2.43. The number of amides is 1. The average molecular weight is 284 g/mol. The van der Waals surface area contributed by atoms with Crippen molar-refractivity contribution < 1.29 is 23.0 Å². The van der Waals surface area contributed by atoms with Gasteiger partial charge in [-0.05, 0) is 31.5 Å². The third-order valence-corrected chi connectivity index (χ3v) is 3.34. The molecule has 1 unspecified atom stereocenters. The maximum Gasteiger partial charge on any atom is 0.586 e. The second-order valence-electron chi connectivity index (χ2n) is 4.86. The molecule has 1 amide bonds. The van der Waals surface area contributed by atoms with Gasteiger partial charge in [0.2, 0.25) is 5.91 Å². The number of nitrogens with one attached hydrogen (secondary N) is 2. The molecule has 0 bridgehead atoms. The van der Waals surface area contributed by atoms with E-state index < -0.39 is 6.29 Å². The smallest absolute Gasteiger partial charge is 0.395 e. The standard InChI is InChI=1S/C13H14F2N2O3/c14-13(15)19-10-4-3-9(6-11(10)20-13)17-12(18)8-2-1-5-16-7-8/h3-4,6,8,16H,1-2,5,7H2,(H,17,18). The summed E-state index contributed by atoms with van der Waals surface area (Å²) < 4.78 is 34.4. The molecule has 0 saturated carbocycles. The van der Waals surface area contributed by atoms with Gasteiger partial charge in [-0.15, -0.1) is 8.78 Å². The maximum atomic E-state index is 12.9. The summed E-state index contributed by atoms with van der Waals surface area (Å²) in [6, 6.07) is 4.20. The predicted molar refractivity (Wildman–Crippen MR) is 66.9 cm³/mol. The number of anilines is 1. The van der Waals surface area contributed by atoms with Crippen LogP contribution < -0.4 is 20.1 Å². The summed E-state index contributed by atoms with van der Waals surface area (Å²) in [6.45, 7) is 1.55. The maximum absolute atomic E-state index is 12.9. The largest absolute Gasteiger partial charge is 0.586 e. The minimum Gasteiger partial charge on any atom is -0.395 e. The number of hydrogen-bond acceptors (Lipinski definition) is 4. The number of carbonyl (C=O) groups is 1. The lowest BCUT2D eigenvalue weighted by Gasteiger charge is -2.21. The monoisotopic (exact) mass is 284 g/mol. The van der Waals surface area contributed by atoms with Gasteiger partial charge in [-0.3, -0.25) is 4.79 Å². The predicted octanol–water partition coefficient (Wildman–Crippen LogP) is 1.95. The summed E-state index contributed by atoms with van der Waals surface area (Å²) in [5, 5.41) is 5.86. The fourth-order valence-corrected chi connectivity index (χ4v) is 2.35. The Morgan fingerprint density at radius 2 is 2.15 bits per heavy atom. The highest BCUT2D eigenvalue weighted by atomic mass is 19.3. The average Bonchev–Trinajstić information content (AvgIpc) is 2.73. The number of carbonyl (C=O) groups excluding carboxylic acids is 1. The van der Waals surface area contributed by atoms with E-state index in [2.05, 4.69) is 20.1 Å². The summed E-state index contributed by atoms with van der Waals surface area (Å²) in [5.74, 6) is -0.333. The molecule has 1 fully saturated rings. The Bertz CT molecular complexity index is 530. The first-order chi connectivity index (χ1) is 9.53. The number of hydrogen-bond donors (Lipinski definition) is 2. The molecule has 108 valence electrons. The van der Waals surface area contributed by atoms with Gasteiger partial charge in [0.05, 0.1) is 5.92 Å². The molecule has 5 nitrogen and oxygen atoms in total. The van der Waals surface area contributed by atoms with E-state index in [4.69, 9.17) is 0 Å². The first-order valence-corrected chi connectivity index (χ1v) is 6.45. The number of piperidine rings is 1. The van der Waals surface area contributed by atoms with E-state index in [1.165, 1.54) is 18.2 Å². The Balaban J connectivity index is 1.68. The van der Waals surface area contributed by atoms with Gasteiger partial charge in [0.1, 0.15) is 0 Å². The van der Waals surface area contributed by atoms with E-state index >= 15 is 0 Å². The van der Waals surface area contributed by atoms with E-state index in [1.54, 1.807) is 0 Å². The highest BCUT2D eigenvalue weighted by Crippen LogP contribution is 2.42. The van der Waals surface area contributed by atoms with Gasteiger partial charge in [-0.1, -0.05) is 0 Å². The zero-order chi connectivity index (χ0) is 14.2. The Kier molecular flexibility index (Phi) is 3.21. The van der Waals surface area contributed by atoms with Crippen LogP contribution in [0.4, 0.5) is 14.5 Å². The molecule has 20 heavy (non-hydrogen) atoms. The van der Waals surface area contributed by atoms with Crippen LogP contribution in [0.25, 0.3) is 0 Å². The minimum absolute atomic E-state index is 0.0349. The van der Waals surface area contributed by atoms with Crippen molar-refractivity contribution in [3.8, 4) is 11.5 Å². The summed E-state index contributed by atoms with van der Waals surface area (Å²) >= 11 is 0. The van der Waals surface area contributed by atoms with Crippen LogP contribution in [0.1, 0.15) is 12.8 Å². The quantitative estimate of drug-likeness (QED) is 0.871. The van der Waals surface area contributed by atoms with E-state index in [1.807, 2.05) is 0 Å². The van der Waals surface area contributed by atoms with Crippen molar-refractivity contribution in [3.63, 3.8) is 0 Å². The van der Waals surface area contributed by atoms with Crippen LogP contribution in [0.15, 0.2) is 18.2 Å². The number of ether oxygens (including phenoxy) is 2. The van der Waals surface area contributed by atoms with Gasteiger partial charge in [0.25, 0.3) is 0 Å². The van der Waals surface area contributed by atoms with Crippen molar-refractivity contribution in [1.29, 1.82) is 0 Å². The van der Waals surface area contributed by atoms with E-state index in [-0.39, 0.29) is 23.3 Å². The second kappa shape index (κ2) is 4.90. The summed E-state index contributed by atoms with van der Waals surface area (Å²) in [7, 11) is 0. The van der Waals surface area contributed by atoms with Crippen molar-refractivity contribution in [2.75, 3.05) is 18.4 Å². The van der Waals surface area contributed by atoms with Gasteiger partial charge < -0.3 is 20.1 Å².